The van der Waals surface area contributed by atoms with Gasteiger partial charge in [-0.15, -0.1) is 0 Å². The average molecular weight is 414 g/mol. The maximum Gasteiger partial charge on any atom is 0.326 e. The number of carbonyl (C=O) groups is 4. The van der Waals surface area contributed by atoms with E-state index in [0.717, 1.165) is 0 Å². The number of nitrogens with two attached hydrogens (primary N) is 2. The molecule has 1 heterocycles. The molecule has 0 radical (unpaired) electrons. The van der Waals surface area contributed by atoms with Crippen LogP contribution < -0.4 is 22.1 Å². The van der Waals surface area contributed by atoms with Crippen molar-refractivity contribution < 1.29 is 24.3 Å². The van der Waals surface area contributed by atoms with Gasteiger partial charge in [0.15, 0.2) is 0 Å². The second-order valence-electron chi connectivity index (χ2n) is 7.83. The number of hydrogen-bond donors (Lipinski definition) is 5. The first-order valence-electron chi connectivity index (χ1n) is 10.2. The third-order valence-corrected chi connectivity index (χ3v) is 4.93. The lowest BCUT2D eigenvalue weighted by Gasteiger charge is -2.30. The predicted octanol–water partition coefficient (Wildman–Crippen LogP) is -0.835. The van der Waals surface area contributed by atoms with Crippen LogP contribution in [0, 0.1) is 5.92 Å². The molecule has 0 bridgehead atoms. The normalized spacial score (nSPS) is 18.4. The van der Waals surface area contributed by atoms with E-state index in [9.17, 15) is 24.3 Å². The molecule has 0 aromatic carbocycles. The van der Waals surface area contributed by atoms with Crippen LogP contribution in [0.5, 0.6) is 0 Å². The lowest BCUT2D eigenvalue weighted by atomic mass is 10.0. The molecule has 3 atom stereocenters. The topological polar surface area (TPSA) is 168 Å². The number of carboxylic acids is 1. The van der Waals surface area contributed by atoms with Crippen molar-refractivity contribution in [2.75, 3.05) is 19.6 Å². The Labute approximate surface area is 171 Å². The smallest absolute Gasteiger partial charge is 0.326 e. The van der Waals surface area contributed by atoms with Gasteiger partial charge in [-0.1, -0.05) is 13.8 Å². The van der Waals surface area contributed by atoms with E-state index in [1.807, 2.05) is 13.8 Å². The minimum absolute atomic E-state index is 0.149. The SMILES string of the molecule is CC(C)CC(NC(=O)CN)C(=O)N1CCCC1C(=O)NC(CCCCN)C(=O)O. The maximum absolute atomic E-state index is 13.0. The lowest BCUT2D eigenvalue weighted by Crippen LogP contribution is -2.56. The van der Waals surface area contributed by atoms with Crippen LogP contribution in [0.15, 0.2) is 0 Å². The summed E-state index contributed by atoms with van der Waals surface area (Å²) in [4.78, 5) is 50.4. The summed E-state index contributed by atoms with van der Waals surface area (Å²) in [5.74, 6) is -2.22. The van der Waals surface area contributed by atoms with E-state index in [-0.39, 0.29) is 24.8 Å². The van der Waals surface area contributed by atoms with E-state index in [1.165, 1.54) is 4.90 Å². The number of nitrogens with one attached hydrogen (secondary N) is 2. The van der Waals surface area contributed by atoms with Gasteiger partial charge in [-0.25, -0.2) is 4.79 Å². The molecule has 166 valence electrons. The van der Waals surface area contributed by atoms with E-state index in [1.54, 1.807) is 0 Å². The third kappa shape index (κ3) is 7.98. The molecule has 1 aliphatic rings. The summed E-state index contributed by atoms with van der Waals surface area (Å²) < 4.78 is 0. The van der Waals surface area contributed by atoms with Gasteiger partial charge in [0.25, 0.3) is 0 Å². The van der Waals surface area contributed by atoms with Gasteiger partial charge in [-0.3, -0.25) is 14.4 Å². The van der Waals surface area contributed by atoms with E-state index < -0.39 is 35.9 Å². The van der Waals surface area contributed by atoms with Crippen LogP contribution in [-0.4, -0.2) is 71.5 Å². The Hall–Kier alpha value is -2.20. The van der Waals surface area contributed by atoms with Crippen LogP contribution in [0.25, 0.3) is 0 Å². The molecule has 29 heavy (non-hydrogen) atoms. The number of carboxylic acid groups (broad SMARTS) is 1. The first-order chi connectivity index (χ1) is 13.7. The first kappa shape index (κ1) is 24.8. The van der Waals surface area contributed by atoms with Crippen molar-refractivity contribution in [1.82, 2.24) is 15.5 Å². The standard InChI is InChI=1S/C19H35N5O5/c1-12(2)10-14(22-16(25)11-21)18(27)24-9-5-7-15(24)17(26)23-13(19(28)29)6-3-4-8-20/h12-15H,3-11,20-21H2,1-2H3,(H,22,25)(H,23,26)(H,28,29). The number of unbranched alkanes of at least 4 members (excludes halogenated alkanes) is 1. The molecule has 1 aliphatic heterocycles. The fraction of sp³-hybridized carbons (Fsp3) is 0.789. The van der Waals surface area contributed by atoms with Crippen molar-refractivity contribution in [1.29, 1.82) is 0 Å². The fourth-order valence-corrected chi connectivity index (χ4v) is 3.47. The summed E-state index contributed by atoms with van der Waals surface area (Å²) in [6.45, 7) is 4.48. The van der Waals surface area contributed by atoms with Gasteiger partial charge in [0.2, 0.25) is 17.7 Å². The Bertz CT molecular complexity index is 583. The van der Waals surface area contributed by atoms with Crippen LogP contribution in [0.1, 0.15) is 52.4 Å². The summed E-state index contributed by atoms with van der Waals surface area (Å²) in [7, 11) is 0. The quantitative estimate of drug-likeness (QED) is 0.260. The monoisotopic (exact) mass is 413 g/mol. The molecule has 1 fully saturated rings. The average Bonchev–Trinajstić information content (AvgIpc) is 3.15. The van der Waals surface area contributed by atoms with E-state index >= 15 is 0 Å². The van der Waals surface area contributed by atoms with Crippen molar-refractivity contribution >= 4 is 23.7 Å². The second kappa shape index (κ2) is 12.4. The minimum Gasteiger partial charge on any atom is -0.480 e. The Balaban J connectivity index is 2.84. The number of hydrogen-bond acceptors (Lipinski definition) is 6. The van der Waals surface area contributed by atoms with Crippen molar-refractivity contribution in [3.05, 3.63) is 0 Å². The molecule has 10 nitrogen and oxygen atoms in total. The molecule has 1 saturated heterocycles. The number of rotatable bonds is 12. The molecule has 0 aromatic rings. The van der Waals surface area contributed by atoms with Crippen LogP contribution in [-0.2, 0) is 19.2 Å². The Morgan fingerprint density at radius 2 is 1.79 bits per heavy atom. The van der Waals surface area contributed by atoms with Gasteiger partial charge in [0.1, 0.15) is 18.1 Å². The highest BCUT2D eigenvalue weighted by atomic mass is 16.4. The fourth-order valence-electron chi connectivity index (χ4n) is 3.47. The molecule has 0 aromatic heterocycles. The predicted molar refractivity (Wildman–Crippen MR) is 108 cm³/mol. The zero-order valence-corrected chi connectivity index (χ0v) is 17.4. The highest BCUT2D eigenvalue weighted by Gasteiger charge is 2.38. The number of carbonyl (C=O) groups excluding carboxylic acids is 3. The number of amides is 3. The molecule has 3 unspecified atom stereocenters. The van der Waals surface area contributed by atoms with Crippen molar-refractivity contribution in [3.8, 4) is 0 Å². The number of aliphatic carboxylic acids is 1. The summed E-state index contributed by atoms with van der Waals surface area (Å²) in [5, 5.41) is 14.6. The van der Waals surface area contributed by atoms with E-state index in [0.29, 0.717) is 45.2 Å². The lowest BCUT2D eigenvalue weighted by molar-refractivity contribution is -0.145. The van der Waals surface area contributed by atoms with E-state index in [2.05, 4.69) is 10.6 Å². The molecular weight excluding hydrogens is 378 g/mol. The highest BCUT2D eigenvalue weighted by molar-refractivity contribution is 5.94. The molecule has 1 rings (SSSR count). The van der Waals surface area contributed by atoms with Gasteiger partial charge in [-0.05, 0) is 51.0 Å². The largest absolute Gasteiger partial charge is 0.480 e. The van der Waals surface area contributed by atoms with Gasteiger partial charge < -0.3 is 32.1 Å². The molecule has 3 amide bonds. The molecule has 0 saturated carbocycles. The Morgan fingerprint density at radius 1 is 1.10 bits per heavy atom. The summed E-state index contributed by atoms with van der Waals surface area (Å²) in [6, 6.07) is -2.53. The van der Waals surface area contributed by atoms with Crippen molar-refractivity contribution in [2.45, 2.75) is 70.5 Å². The zero-order chi connectivity index (χ0) is 22.0. The first-order valence-corrected chi connectivity index (χ1v) is 10.2. The minimum atomic E-state index is -1.11. The Kier molecular flexibility index (Phi) is 10.6. The number of nitrogens with zero attached hydrogens (tertiary/aromatic N) is 1. The van der Waals surface area contributed by atoms with Crippen molar-refractivity contribution in [3.63, 3.8) is 0 Å². The molecule has 7 N–H and O–H groups in total. The van der Waals surface area contributed by atoms with Crippen LogP contribution in [0.2, 0.25) is 0 Å². The van der Waals surface area contributed by atoms with Crippen LogP contribution >= 0.6 is 0 Å². The van der Waals surface area contributed by atoms with Gasteiger partial charge in [-0.2, -0.15) is 0 Å². The summed E-state index contributed by atoms with van der Waals surface area (Å²) in [5.41, 5.74) is 10.8. The van der Waals surface area contributed by atoms with Crippen LogP contribution in [0.3, 0.4) is 0 Å². The summed E-state index contributed by atoms with van der Waals surface area (Å²) in [6.07, 6.45) is 3.04. The van der Waals surface area contributed by atoms with Crippen molar-refractivity contribution in [2.24, 2.45) is 17.4 Å². The zero-order valence-electron chi connectivity index (χ0n) is 17.4. The molecular formula is C19H35N5O5. The van der Waals surface area contributed by atoms with Crippen LogP contribution in [0.4, 0.5) is 0 Å². The maximum atomic E-state index is 13.0. The summed E-state index contributed by atoms with van der Waals surface area (Å²) >= 11 is 0. The third-order valence-electron chi connectivity index (χ3n) is 4.93. The molecule has 0 spiro atoms. The Morgan fingerprint density at radius 3 is 2.34 bits per heavy atom. The second-order valence-corrected chi connectivity index (χ2v) is 7.83. The molecule has 0 aliphatic carbocycles. The van der Waals surface area contributed by atoms with E-state index in [4.69, 9.17) is 11.5 Å². The number of likely N-dealkylation sites (tertiary alicyclic amines) is 1. The highest BCUT2D eigenvalue weighted by Crippen LogP contribution is 2.21. The molecule has 10 heteroatoms. The van der Waals surface area contributed by atoms with Gasteiger partial charge >= 0.3 is 5.97 Å². The van der Waals surface area contributed by atoms with Gasteiger partial charge in [0.05, 0.1) is 6.54 Å². The van der Waals surface area contributed by atoms with Gasteiger partial charge in [0, 0.05) is 6.54 Å².